The number of nitrogens with one attached hydrogen (secondary N) is 2. The third-order valence-corrected chi connectivity index (χ3v) is 3.83. The number of hydrogen-bond acceptors (Lipinski definition) is 4. The Labute approximate surface area is 127 Å². The SMILES string of the molecule is CCn1c(CNC(=O)[C@@H]2Cc3ccccc3O2)n[nH]c1=S. The molecule has 0 spiro atoms. The normalized spacial score (nSPS) is 16.3. The van der Waals surface area contributed by atoms with Gasteiger partial charge in [-0.3, -0.25) is 9.89 Å². The minimum atomic E-state index is -0.473. The van der Waals surface area contributed by atoms with Crippen LogP contribution in [-0.4, -0.2) is 26.8 Å². The predicted molar refractivity (Wildman–Crippen MR) is 79.5 cm³/mol. The van der Waals surface area contributed by atoms with Gasteiger partial charge in [0, 0.05) is 13.0 Å². The lowest BCUT2D eigenvalue weighted by Crippen LogP contribution is -2.37. The topological polar surface area (TPSA) is 71.9 Å². The van der Waals surface area contributed by atoms with Crippen LogP contribution in [0.25, 0.3) is 0 Å². The second kappa shape index (κ2) is 5.69. The summed E-state index contributed by atoms with van der Waals surface area (Å²) in [5, 5.41) is 9.69. The molecule has 0 aliphatic carbocycles. The highest BCUT2D eigenvalue weighted by molar-refractivity contribution is 7.71. The minimum Gasteiger partial charge on any atom is -0.480 e. The van der Waals surface area contributed by atoms with Crippen LogP contribution in [0.5, 0.6) is 5.75 Å². The van der Waals surface area contributed by atoms with Crippen LogP contribution in [0.2, 0.25) is 0 Å². The van der Waals surface area contributed by atoms with Gasteiger partial charge < -0.3 is 14.6 Å². The minimum absolute atomic E-state index is 0.136. The molecule has 3 rings (SSSR count). The van der Waals surface area contributed by atoms with E-state index >= 15 is 0 Å². The third kappa shape index (κ3) is 2.69. The van der Waals surface area contributed by atoms with Gasteiger partial charge in [-0.15, -0.1) is 0 Å². The molecule has 0 saturated heterocycles. The number of carbonyl (C=O) groups excluding carboxylic acids is 1. The molecule has 110 valence electrons. The van der Waals surface area contributed by atoms with E-state index in [0.717, 1.165) is 11.3 Å². The van der Waals surface area contributed by atoms with Crippen LogP contribution in [0, 0.1) is 4.77 Å². The second-order valence-corrected chi connectivity index (χ2v) is 5.21. The Hall–Kier alpha value is -2.15. The fraction of sp³-hybridized carbons (Fsp3) is 0.357. The van der Waals surface area contributed by atoms with E-state index in [1.54, 1.807) is 0 Å². The Kier molecular flexibility index (Phi) is 3.74. The van der Waals surface area contributed by atoms with Crippen molar-refractivity contribution in [3.63, 3.8) is 0 Å². The van der Waals surface area contributed by atoms with Gasteiger partial charge in [0.2, 0.25) is 0 Å². The zero-order valence-electron chi connectivity index (χ0n) is 11.6. The highest BCUT2D eigenvalue weighted by Crippen LogP contribution is 2.28. The van der Waals surface area contributed by atoms with Gasteiger partial charge in [-0.05, 0) is 30.8 Å². The van der Waals surface area contributed by atoms with Crippen molar-refractivity contribution in [1.82, 2.24) is 20.1 Å². The molecule has 7 heteroatoms. The summed E-state index contributed by atoms with van der Waals surface area (Å²) in [5.74, 6) is 1.36. The van der Waals surface area contributed by atoms with Crippen LogP contribution in [0.15, 0.2) is 24.3 Å². The summed E-state index contributed by atoms with van der Waals surface area (Å²) in [6.07, 6.45) is 0.127. The summed E-state index contributed by atoms with van der Waals surface area (Å²) in [4.78, 5) is 12.2. The molecule has 1 aromatic heterocycles. The number of ether oxygens (including phenoxy) is 1. The van der Waals surface area contributed by atoms with Crippen LogP contribution in [0.3, 0.4) is 0 Å². The number of nitrogens with zero attached hydrogens (tertiary/aromatic N) is 2. The number of para-hydroxylation sites is 1. The average Bonchev–Trinajstić information content (AvgIpc) is 3.07. The fourth-order valence-electron chi connectivity index (χ4n) is 2.42. The van der Waals surface area contributed by atoms with Gasteiger partial charge in [-0.2, -0.15) is 5.10 Å². The first-order valence-corrected chi connectivity index (χ1v) is 7.26. The average molecular weight is 304 g/mol. The van der Waals surface area contributed by atoms with Gasteiger partial charge in [0.05, 0.1) is 6.54 Å². The molecule has 0 fully saturated rings. The van der Waals surface area contributed by atoms with E-state index in [1.165, 1.54) is 0 Å². The summed E-state index contributed by atoms with van der Waals surface area (Å²) in [7, 11) is 0. The number of rotatable bonds is 4. The lowest BCUT2D eigenvalue weighted by Gasteiger charge is -2.11. The zero-order valence-corrected chi connectivity index (χ0v) is 12.4. The third-order valence-electron chi connectivity index (χ3n) is 3.51. The maximum Gasteiger partial charge on any atom is 0.261 e. The van der Waals surface area contributed by atoms with Gasteiger partial charge in [0.1, 0.15) is 5.75 Å². The number of benzene rings is 1. The monoisotopic (exact) mass is 304 g/mol. The Morgan fingerprint density at radius 2 is 2.38 bits per heavy atom. The maximum absolute atomic E-state index is 12.2. The second-order valence-electron chi connectivity index (χ2n) is 4.83. The molecule has 6 nitrogen and oxygen atoms in total. The van der Waals surface area contributed by atoms with Crippen molar-refractivity contribution < 1.29 is 9.53 Å². The van der Waals surface area contributed by atoms with Crippen LogP contribution < -0.4 is 10.1 Å². The number of hydrogen-bond donors (Lipinski definition) is 2. The molecule has 1 aliphatic heterocycles. The van der Waals surface area contributed by atoms with Crippen molar-refractivity contribution in [3.05, 3.63) is 40.4 Å². The van der Waals surface area contributed by atoms with Crippen LogP contribution in [0.1, 0.15) is 18.3 Å². The smallest absolute Gasteiger partial charge is 0.261 e. The van der Waals surface area contributed by atoms with Gasteiger partial charge in [-0.1, -0.05) is 18.2 Å². The van der Waals surface area contributed by atoms with E-state index in [2.05, 4.69) is 15.5 Å². The number of aromatic amines is 1. The molecule has 21 heavy (non-hydrogen) atoms. The first kappa shape index (κ1) is 13.8. The number of carbonyl (C=O) groups is 1. The molecule has 1 atom stereocenters. The summed E-state index contributed by atoms with van der Waals surface area (Å²) in [6, 6.07) is 7.70. The van der Waals surface area contributed by atoms with Crippen LogP contribution >= 0.6 is 12.2 Å². The Balaban J connectivity index is 1.62. The first-order valence-electron chi connectivity index (χ1n) is 6.85. The lowest BCUT2D eigenvalue weighted by atomic mass is 10.1. The van der Waals surface area contributed by atoms with E-state index in [-0.39, 0.29) is 5.91 Å². The molecule has 0 bridgehead atoms. The quantitative estimate of drug-likeness (QED) is 0.841. The van der Waals surface area contributed by atoms with Crippen molar-refractivity contribution in [2.45, 2.75) is 32.5 Å². The van der Waals surface area contributed by atoms with Gasteiger partial charge in [-0.25, -0.2) is 0 Å². The molecule has 1 aliphatic rings. The van der Waals surface area contributed by atoms with Crippen molar-refractivity contribution in [3.8, 4) is 5.75 Å². The van der Waals surface area contributed by atoms with Gasteiger partial charge in [0.25, 0.3) is 5.91 Å². The highest BCUT2D eigenvalue weighted by atomic mass is 32.1. The lowest BCUT2D eigenvalue weighted by molar-refractivity contribution is -0.127. The molecule has 1 aromatic carbocycles. The van der Waals surface area contributed by atoms with Crippen molar-refractivity contribution in [2.24, 2.45) is 0 Å². The largest absolute Gasteiger partial charge is 0.480 e. The molecular weight excluding hydrogens is 288 g/mol. The highest BCUT2D eigenvalue weighted by Gasteiger charge is 2.28. The summed E-state index contributed by atoms with van der Waals surface area (Å²) >= 11 is 5.11. The van der Waals surface area contributed by atoms with Crippen molar-refractivity contribution in [1.29, 1.82) is 0 Å². The summed E-state index contributed by atoms with van der Waals surface area (Å²) in [5.41, 5.74) is 1.06. The Morgan fingerprint density at radius 1 is 1.57 bits per heavy atom. The molecule has 0 radical (unpaired) electrons. The standard InChI is InChI=1S/C14H16N4O2S/c1-2-18-12(16-17-14(18)21)8-15-13(19)11-7-9-5-3-4-6-10(9)20-11/h3-6,11H,2,7-8H2,1H3,(H,15,19)(H,17,21)/t11-/m0/s1. The molecule has 0 unspecified atom stereocenters. The predicted octanol–water partition coefficient (Wildman–Crippen LogP) is 1.58. The van der Waals surface area contributed by atoms with E-state index < -0.39 is 6.10 Å². The zero-order chi connectivity index (χ0) is 14.8. The number of amides is 1. The van der Waals surface area contributed by atoms with Gasteiger partial charge >= 0.3 is 0 Å². The van der Waals surface area contributed by atoms with Crippen LogP contribution in [0.4, 0.5) is 0 Å². The summed E-state index contributed by atoms with van der Waals surface area (Å²) < 4.78 is 8.06. The van der Waals surface area contributed by atoms with E-state index in [1.807, 2.05) is 35.8 Å². The van der Waals surface area contributed by atoms with Crippen LogP contribution in [-0.2, 0) is 24.3 Å². The molecule has 2 heterocycles. The van der Waals surface area contributed by atoms with Gasteiger partial charge in [0.15, 0.2) is 16.7 Å². The molecule has 2 N–H and O–H groups in total. The molecule has 1 amide bonds. The Morgan fingerprint density at radius 3 is 3.14 bits per heavy atom. The number of H-pyrrole nitrogens is 1. The van der Waals surface area contributed by atoms with Crippen molar-refractivity contribution >= 4 is 18.1 Å². The van der Waals surface area contributed by atoms with Crippen molar-refractivity contribution in [2.75, 3.05) is 0 Å². The molecule has 0 saturated carbocycles. The molecule has 2 aromatic rings. The maximum atomic E-state index is 12.2. The van der Waals surface area contributed by atoms with E-state index in [0.29, 0.717) is 30.1 Å². The Bertz CT molecular complexity index is 697. The van der Waals surface area contributed by atoms with E-state index in [4.69, 9.17) is 17.0 Å². The number of fused-ring (bicyclic) bond motifs is 1. The first-order chi connectivity index (χ1) is 10.2. The number of aromatic nitrogens is 3. The molecular formula is C14H16N4O2S. The fourth-order valence-corrected chi connectivity index (χ4v) is 2.70. The summed E-state index contributed by atoms with van der Waals surface area (Å²) in [6.45, 7) is 3.02. The van der Waals surface area contributed by atoms with E-state index in [9.17, 15) is 4.79 Å².